The van der Waals surface area contributed by atoms with Crippen LogP contribution in [0.15, 0.2) is 18.2 Å². The molecule has 6 heteroatoms. The van der Waals surface area contributed by atoms with Crippen LogP contribution in [0.5, 0.6) is 0 Å². The molecular weight excluding hydrogens is 280 g/mol. The van der Waals surface area contributed by atoms with Crippen molar-refractivity contribution in [1.82, 2.24) is 4.90 Å². The Morgan fingerprint density at radius 3 is 2.75 bits per heavy atom. The minimum absolute atomic E-state index is 0.121. The van der Waals surface area contributed by atoms with Gasteiger partial charge in [-0.15, -0.1) is 0 Å². The Morgan fingerprint density at radius 2 is 2.20 bits per heavy atom. The van der Waals surface area contributed by atoms with E-state index in [0.717, 1.165) is 18.5 Å². The largest absolute Gasteiger partial charge is 0.480 e. The summed E-state index contributed by atoms with van der Waals surface area (Å²) in [6.07, 6.45) is 0.855. The molecule has 3 N–H and O–H groups in total. The number of carboxylic acid groups (broad SMARTS) is 1. The van der Waals surface area contributed by atoms with Crippen LogP contribution in [0.25, 0.3) is 0 Å². The van der Waals surface area contributed by atoms with Gasteiger partial charge in [-0.25, -0.2) is 0 Å². The number of likely N-dealkylation sites (tertiary alicyclic amines) is 1. The number of nitrogens with two attached hydrogens (primary N) is 1. The lowest BCUT2D eigenvalue weighted by molar-refractivity contribution is -0.143. The summed E-state index contributed by atoms with van der Waals surface area (Å²) < 4.78 is 0. The highest BCUT2D eigenvalue weighted by atomic mass is 35.5. The molecule has 1 heterocycles. The first-order valence-electron chi connectivity index (χ1n) is 6.45. The third-order valence-corrected chi connectivity index (χ3v) is 4.12. The van der Waals surface area contributed by atoms with Gasteiger partial charge in [0, 0.05) is 17.1 Å². The first-order chi connectivity index (χ1) is 9.40. The molecule has 0 aliphatic carbocycles. The first kappa shape index (κ1) is 14.8. The summed E-state index contributed by atoms with van der Waals surface area (Å²) in [6, 6.07) is 4.37. The molecule has 2 unspecified atom stereocenters. The molecule has 1 aromatic rings. The number of amides is 1. The van der Waals surface area contributed by atoms with Gasteiger partial charge in [-0.05, 0) is 36.6 Å². The minimum Gasteiger partial charge on any atom is -0.480 e. The predicted octanol–water partition coefficient (Wildman–Crippen LogP) is 1.73. The van der Waals surface area contributed by atoms with Gasteiger partial charge in [0.25, 0.3) is 0 Å². The van der Waals surface area contributed by atoms with Crippen LogP contribution in [-0.4, -0.2) is 34.5 Å². The van der Waals surface area contributed by atoms with Crippen molar-refractivity contribution in [1.29, 1.82) is 0 Å². The van der Waals surface area contributed by atoms with Crippen LogP contribution in [0.1, 0.15) is 29.3 Å². The van der Waals surface area contributed by atoms with Crippen LogP contribution in [0.4, 0.5) is 0 Å². The van der Waals surface area contributed by atoms with Gasteiger partial charge < -0.3 is 10.8 Å². The van der Waals surface area contributed by atoms with Crippen molar-refractivity contribution in [3.8, 4) is 0 Å². The van der Waals surface area contributed by atoms with Crippen LogP contribution in [0.3, 0.4) is 0 Å². The highest BCUT2D eigenvalue weighted by Gasteiger charge is 2.36. The Hall–Kier alpha value is -1.59. The summed E-state index contributed by atoms with van der Waals surface area (Å²) >= 11 is 6.13. The molecule has 2 rings (SSSR count). The zero-order valence-corrected chi connectivity index (χ0v) is 11.9. The van der Waals surface area contributed by atoms with Crippen molar-refractivity contribution in [3.63, 3.8) is 0 Å². The standard InChI is InChI=1S/C14H17ClN2O3/c1-8-4-5-17(12(8)14(19)20)7-10-3-2-9(13(16)18)6-11(10)15/h2-3,6,8,12H,4-5,7H2,1H3,(H2,16,18)(H,19,20). The molecule has 5 nitrogen and oxygen atoms in total. The predicted molar refractivity (Wildman–Crippen MR) is 75.6 cm³/mol. The van der Waals surface area contributed by atoms with Gasteiger partial charge in [-0.3, -0.25) is 14.5 Å². The van der Waals surface area contributed by atoms with E-state index in [1.54, 1.807) is 12.1 Å². The van der Waals surface area contributed by atoms with E-state index in [-0.39, 0.29) is 5.92 Å². The maximum atomic E-state index is 11.3. The number of carboxylic acids is 1. The average molecular weight is 297 g/mol. The van der Waals surface area contributed by atoms with E-state index in [0.29, 0.717) is 17.1 Å². The number of hydrogen-bond donors (Lipinski definition) is 2. The van der Waals surface area contributed by atoms with Crippen LogP contribution >= 0.6 is 11.6 Å². The number of hydrogen-bond acceptors (Lipinski definition) is 3. The summed E-state index contributed by atoms with van der Waals surface area (Å²) in [5.74, 6) is -1.22. The van der Waals surface area contributed by atoms with E-state index >= 15 is 0 Å². The summed E-state index contributed by atoms with van der Waals surface area (Å²) in [5.41, 5.74) is 6.34. The Balaban J connectivity index is 2.18. The molecule has 1 fully saturated rings. The molecule has 108 valence electrons. The van der Waals surface area contributed by atoms with Gasteiger partial charge in [0.05, 0.1) is 0 Å². The van der Waals surface area contributed by atoms with Crippen molar-refractivity contribution >= 4 is 23.5 Å². The van der Waals surface area contributed by atoms with Gasteiger partial charge >= 0.3 is 5.97 Å². The van der Waals surface area contributed by atoms with Crippen molar-refractivity contribution in [2.75, 3.05) is 6.54 Å². The second-order valence-corrected chi connectivity index (χ2v) is 5.60. The Labute approximate surface area is 122 Å². The van der Waals surface area contributed by atoms with Gasteiger partial charge in [-0.2, -0.15) is 0 Å². The lowest BCUT2D eigenvalue weighted by Gasteiger charge is -2.23. The number of primary amides is 1. The molecule has 2 atom stereocenters. The van der Waals surface area contributed by atoms with Crippen molar-refractivity contribution in [2.45, 2.75) is 25.9 Å². The van der Waals surface area contributed by atoms with Gasteiger partial charge in [0.2, 0.25) is 5.91 Å². The van der Waals surface area contributed by atoms with Crippen LogP contribution in [0, 0.1) is 5.92 Å². The summed E-state index contributed by atoms with van der Waals surface area (Å²) in [4.78, 5) is 24.3. The SMILES string of the molecule is CC1CCN(Cc2ccc(C(N)=O)cc2Cl)C1C(=O)O. The minimum atomic E-state index is -0.806. The maximum Gasteiger partial charge on any atom is 0.321 e. The fourth-order valence-corrected chi connectivity index (χ4v) is 2.89. The summed E-state index contributed by atoms with van der Waals surface area (Å²) in [5, 5.41) is 9.72. The third kappa shape index (κ3) is 2.94. The molecule has 0 spiro atoms. The van der Waals surface area contributed by atoms with Crippen LogP contribution in [-0.2, 0) is 11.3 Å². The third-order valence-electron chi connectivity index (χ3n) is 3.77. The zero-order valence-electron chi connectivity index (χ0n) is 11.2. The van der Waals surface area contributed by atoms with Gasteiger partial charge in [0.15, 0.2) is 0 Å². The second-order valence-electron chi connectivity index (χ2n) is 5.19. The van der Waals surface area contributed by atoms with Crippen molar-refractivity contribution in [2.24, 2.45) is 11.7 Å². The smallest absolute Gasteiger partial charge is 0.321 e. The number of benzene rings is 1. The normalized spacial score (nSPS) is 22.9. The Kier molecular flexibility index (Phi) is 4.30. The van der Waals surface area contributed by atoms with Crippen LogP contribution < -0.4 is 5.73 Å². The Bertz CT molecular complexity index is 547. The lowest BCUT2D eigenvalue weighted by atomic mass is 10.0. The van der Waals surface area contributed by atoms with Crippen molar-refractivity contribution < 1.29 is 14.7 Å². The van der Waals surface area contributed by atoms with Gasteiger partial charge in [-0.1, -0.05) is 24.6 Å². The summed E-state index contributed by atoms with van der Waals surface area (Å²) in [7, 11) is 0. The van der Waals surface area contributed by atoms with E-state index in [9.17, 15) is 14.7 Å². The second kappa shape index (κ2) is 5.81. The number of carbonyl (C=O) groups is 2. The van der Waals surface area contributed by atoms with E-state index in [1.165, 1.54) is 6.07 Å². The molecule has 0 bridgehead atoms. The monoisotopic (exact) mass is 296 g/mol. The summed E-state index contributed by atoms with van der Waals surface area (Å²) in [6.45, 7) is 3.13. The number of carbonyl (C=O) groups excluding carboxylic acids is 1. The van der Waals surface area contributed by atoms with Crippen LogP contribution in [0.2, 0.25) is 5.02 Å². The Morgan fingerprint density at radius 1 is 1.50 bits per heavy atom. The lowest BCUT2D eigenvalue weighted by Crippen LogP contribution is -2.38. The molecule has 1 aliphatic heterocycles. The number of rotatable bonds is 4. The maximum absolute atomic E-state index is 11.3. The molecule has 1 saturated heterocycles. The topological polar surface area (TPSA) is 83.6 Å². The van der Waals surface area contributed by atoms with E-state index in [2.05, 4.69) is 0 Å². The molecule has 0 radical (unpaired) electrons. The molecular formula is C14H17ClN2O3. The number of halogens is 1. The van der Waals surface area contributed by atoms with E-state index in [1.807, 2.05) is 11.8 Å². The first-order valence-corrected chi connectivity index (χ1v) is 6.83. The molecule has 1 aliphatic rings. The zero-order chi connectivity index (χ0) is 14.9. The number of aliphatic carboxylic acids is 1. The quantitative estimate of drug-likeness (QED) is 0.886. The highest BCUT2D eigenvalue weighted by molar-refractivity contribution is 6.31. The number of nitrogens with zero attached hydrogens (tertiary/aromatic N) is 1. The molecule has 1 amide bonds. The molecule has 1 aromatic carbocycles. The fourth-order valence-electron chi connectivity index (χ4n) is 2.65. The molecule has 0 aromatic heterocycles. The van der Waals surface area contributed by atoms with E-state index in [4.69, 9.17) is 17.3 Å². The fraction of sp³-hybridized carbons (Fsp3) is 0.429. The average Bonchev–Trinajstić information content (AvgIpc) is 2.72. The van der Waals surface area contributed by atoms with Crippen molar-refractivity contribution in [3.05, 3.63) is 34.3 Å². The van der Waals surface area contributed by atoms with E-state index < -0.39 is 17.9 Å². The van der Waals surface area contributed by atoms with Gasteiger partial charge in [0.1, 0.15) is 6.04 Å². The highest BCUT2D eigenvalue weighted by Crippen LogP contribution is 2.28. The molecule has 0 saturated carbocycles. The molecule has 20 heavy (non-hydrogen) atoms.